The van der Waals surface area contributed by atoms with Crippen molar-refractivity contribution in [3.63, 3.8) is 0 Å². The van der Waals surface area contributed by atoms with Gasteiger partial charge in [0.25, 0.3) is 0 Å². The van der Waals surface area contributed by atoms with Crippen molar-refractivity contribution >= 4 is 12.0 Å². The van der Waals surface area contributed by atoms with Gasteiger partial charge in [-0.25, -0.2) is 9.59 Å². The van der Waals surface area contributed by atoms with Gasteiger partial charge in [0.05, 0.1) is 6.61 Å². The molecule has 1 aliphatic heterocycles. The minimum absolute atomic E-state index is 0.105. The highest BCUT2D eigenvalue weighted by Crippen LogP contribution is 2.23. The van der Waals surface area contributed by atoms with Gasteiger partial charge in [0.1, 0.15) is 12.6 Å². The largest absolute Gasteiger partial charge is 0.480 e. The quantitative estimate of drug-likeness (QED) is 0.744. The van der Waals surface area contributed by atoms with Crippen LogP contribution in [0.4, 0.5) is 18.0 Å². The molecule has 1 saturated heterocycles. The van der Waals surface area contributed by atoms with Crippen LogP contribution in [-0.4, -0.2) is 60.5 Å². The van der Waals surface area contributed by atoms with Crippen molar-refractivity contribution in [2.75, 3.05) is 26.3 Å². The molecule has 0 aromatic heterocycles. The first-order valence-corrected chi connectivity index (χ1v) is 6.14. The molecule has 1 rings (SSSR count). The Bertz CT molecular complexity index is 362. The van der Waals surface area contributed by atoms with E-state index in [4.69, 9.17) is 5.11 Å². The van der Waals surface area contributed by atoms with Crippen LogP contribution in [-0.2, 0) is 9.53 Å². The normalized spacial score (nSPS) is 22.9. The fourth-order valence-electron chi connectivity index (χ4n) is 2.07. The SMILES string of the molecule is CC1CCN(C(=O)NCCOCC(F)(F)F)C1C(=O)O. The Morgan fingerprint density at radius 3 is 2.65 bits per heavy atom. The highest BCUT2D eigenvalue weighted by Gasteiger charge is 2.39. The third-order valence-corrected chi connectivity index (χ3v) is 3.00. The zero-order valence-electron chi connectivity index (χ0n) is 10.9. The summed E-state index contributed by atoms with van der Waals surface area (Å²) in [6.45, 7) is 0.284. The Labute approximate surface area is 113 Å². The number of urea groups is 1. The molecule has 0 spiro atoms. The summed E-state index contributed by atoms with van der Waals surface area (Å²) in [5, 5.41) is 11.4. The molecular formula is C11H17F3N2O4. The molecule has 2 N–H and O–H groups in total. The molecule has 0 saturated carbocycles. The summed E-state index contributed by atoms with van der Waals surface area (Å²) >= 11 is 0. The van der Waals surface area contributed by atoms with Gasteiger partial charge in [-0.2, -0.15) is 13.2 Å². The molecule has 6 nitrogen and oxygen atoms in total. The molecular weight excluding hydrogens is 281 g/mol. The first-order chi connectivity index (χ1) is 9.22. The summed E-state index contributed by atoms with van der Waals surface area (Å²) in [7, 11) is 0. The van der Waals surface area contributed by atoms with Crippen LogP contribution in [0.5, 0.6) is 0 Å². The molecule has 1 aliphatic rings. The van der Waals surface area contributed by atoms with Crippen molar-refractivity contribution in [2.24, 2.45) is 5.92 Å². The molecule has 20 heavy (non-hydrogen) atoms. The average molecular weight is 298 g/mol. The molecule has 116 valence electrons. The summed E-state index contributed by atoms with van der Waals surface area (Å²) in [6.07, 6.45) is -3.82. The number of rotatable bonds is 5. The number of nitrogens with zero attached hydrogens (tertiary/aromatic N) is 1. The van der Waals surface area contributed by atoms with Gasteiger partial charge in [-0.1, -0.05) is 6.92 Å². The topological polar surface area (TPSA) is 78.9 Å². The van der Waals surface area contributed by atoms with Crippen LogP contribution in [0, 0.1) is 5.92 Å². The summed E-state index contributed by atoms with van der Waals surface area (Å²) in [4.78, 5) is 24.0. The number of carboxylic acids is 1. The molecule has 0 radical (unpaired) electrons. The third-order valence-electron chi connectivity index (χ3n) is 3.00. The Kier molecular flexibility index (Phi) is 5.61. The van der Waals surface area contributed by atoms with Gasteiger partial charge in [0.15, 0.2) is 0 Å². The average Bonchev–Trinajstić information content (AvgIpc) is 2.69. The molecule has 0 aromatic carbocycles. The molecule has 0 bridgehead atoms. The van der Waals surface area contributed by atoms with Gasteiger partial charge in [0, 0.05) is 13.1 Å². The van der Waals surface area contributed by atoms with E-state index < -0.39 is 30.8 Å². The van der Waals surface area contributed by atoms with Crippen LogP contribution in [0.2, 0.25) is 0 Å². The van der Waals surface area contributed by atoms with Crippen molar-refractivity contribution in [3.05, 3.63) is 0 Å². The smallest absolute Gasteiger partial charge is 0.411 e. The van der Waals surface area contributed by atoms with Gasteiger partial charge >= 0.3 is 18.2 Å². The fourth-order valence-corrected chi connectivity index (χ4v) is 2.07. The van der Waals surface area contributed by atoms with Gasteiger partial charge in [0.2, 0.25) is 0 Å². The zero-order chi connectivity index (χ0) is 15.3. The molecule has 2 unspecified atom stereocenters. The van der Waals surface area contributed by atoms with Gasteiger partial charge < -0.3 is 20.1 Å². The lowest BCUT2D eigenvalue weighted by Gasteiger charge is -2.23. The maximum Gasteiger partial charge on any atom is 0.411 e. The molecule has 0 aromatic rings. The lowest BCUT2D eigenvalue weighted by molar-refractivity contribution is -0.173. The third kappa shape index (κ3) is 4.87. The monoisotopic (exact) mass is 298 g/mol. The van der Waals surface area contributed by atoms with E-state index in [9.17, 15) is 22.8 Å². The minimum atomic E-state index is -4.40. The lowest BCUT2D eigenvalue weighted by atomic mass is 10.0. The van der Waals surface area contributed by atoms with E-state index in [1.54, 1.807) is 6.92 Å². The highest BCUT2D eigenvalue weighted by atomic mass is 19.4. The number of ether oxygens (including phenoxy) is 1. The van der Waals surface area contributed by atoms with Gasteiger partial charge in [-0.3, -0.25) is 0 Å². The van der Waals surface area contributed by atoms with Crippen LogP contribution >= 0.6 is 0 Å². The van der Waals surface area contributed by atoms with E-state index >= 15 is 0 Å². The second-order valence-electron chi connectivity index (χ2n) is 4.64. The second kappa shape index (κ2) is 6.78. The van der Waals surface area contributed by atoms with Gasteiger partial charge in [-0.05, 0) is 12.3 Å². The number of hydrogen-bond acceptors (Lipinski definition) is 3. The minimum Gasteiger partial charge on any atom is -0.480 e. The van der Waals surface area contributed by atoms with Crippen molar-refractivity contribution < 1.29 is 32.6 Å². The van der Waals surface area contributed by atoms with E-state index in [1.165, 1.54) is 4.90 Å². The number of likely N-dealkylation sites (tertiary alicyclic amines) is 1. The summed E-state index contributed by atoms with van der Waals surface area (Å²) < 4.78 is 39.7. The number of carbonyl (C=O) groups is 2. The summed E-state index contributed by atoms with van der Waals surface area (Å²) in [5.41, 5.74) is 0. The first kappa shape index (κ1) is 16.5. The van der Waals surface area contributed by atoms with Crippen molar-refractivity contribution in [2.45, 2.75) is 25.6 Å². The van der Waals surface area contributed by atoms with Crippen molar-refractivity contribution in [1.29, 1.82) is 0 Å². The Balaban J connectivity index is 2.31. The van der Waals surface area contributed by atoms with E-state index in [-0.39, 0.29) is 19.1 Å². The van der Waals surface area contributed by atoms with Crippen molar-refractivity contribution in [3.8, 4) is 0 Å². The Morgan fingerprint density at radius 1 is 1.45 bits per heavy atom. The molecule has 1 heterocycles. The van der Waals surface area contributed by atoms with E-state index in [0.29, 0.717) is 13.0 Å². The standard InChI is InChI=1S/C11H17F3N2O4/c1-7-2-4-16(8(7)9(17)18)10(19)15-3-5-20-6-11(12,13)14/h7-8H,2-6H2,1H3,(H,15,19)(H,17,18). The number of amides is 2. The predicted octanol–water partition coefficient (Wildman–Crippen LogP) is 1.07. The summed E-state index contributed by atoms with van der Waals surface area (Å²) in [5.74, 6) is -1.24. The fraction of sp³-hybridized carbons (Fsp3) is 0.818. The lowest BCUT2D eigenvalue weighted by Crippen LogP contribution is -2.48. The predicted molar refractivity (Wildman–Crippen MR) is 62.2 cm³/mol. The number of nitrogens with one attached hydrogen (secondary N) is 1. The van der Waals surface area contributed by atoms with Crippen molar-refractivity contribution in [1.82, 2.24) is 10.2 Å². The Hall–Kier alpha value is -1.51. The first-order valence-electron chi connectivity index (χ1n) is 6.14. The zero-order valence-corrected chi connectivity index (χ0v) is 10.9. The van der Waals surface area contributed by atoms with Crippen LogP contribution in [0.25, 0.3) is 0 Å². The van der Waals surface area contributed by atoms with E-state index in [1.807, 2.05) is 0 Å². The van der Waals surface area contributed by atoms with Crippen LogP contribution in [0.1, 0.15) is 13.3 Å². The molecule has 1 fully saturated rings. The Morgan fingerprint density at radius 2 is 2.10 bits per heavy atom. The number of carbonyl (C=O) groups excluding carboxylic acids is 1. The second-order valence-corrected chi connectivity index (χ2v) is 4.64. The molecule has 2 amide bonds. The number of aliphatic carboxylic acids is 1. The summed E-state index contributed by atoms with van der Waals surface area (Å²) in [6, 6.07) is -1.50. The molecule has 9 heteroatoms. The highest BCUT2D eigenvalue weighted by molar-refractivity contribution is 5.83. The van der Waals surface area contributed by atoms with E-state index in [2.05, 4.69) is 10.1 Å². The van der Waals surface area contributed by atoms with Crippen LogP contribution in [0.15, 0.2) is 0 Å². The molecule has 0 aliphatic carbocycles. The number of carboxylic acid groups (broad SMARTS) is 1. The van der Waals surface area contributed by atoms with Gasteiger partial charge in [-0.15, -0.1) is 0 Å². The van der Waals surface area contributed by atoms with E-state index in [0.717, 1.165) is 0 Å². The number of alkyl halides is 3. The number of hydrogen-bond donors (Lipinski definition) is 2. The maximum atomic E-state index is 11.8. The van der Waals surface area contributed by atoms with Crippen LogP contribution < -0.4 is 5.32 Å². The van der Waals surface area contributed by atoms with Crippen LogP contribution in [0.3, 0.4) is 0 Å². The molecule has 2 atom stereocenters. The number of halogens is 3. The maximum absolute atomic E-state index is 11.8.